The van der Waals surface area contributed by atoms with Gasteiger partial charge in [-0.1, -0.05) is 30.7 Å². The Morgan fingerprint density at radius 1 is 0.872 bits per heavy atom. The summed E-state index contributed by atoms with van der Waals surface area (Å²) in [6.45, 7) is 0.186. The molecular weight excluding hydrogens is 510 g/mol. The van der Waals surface area contributed by atoms with E-state index in [0.29, 0.717) is 21.9 Å². The molecule has 1 N–H and O–H groups in total. The van der Waals surface area contributed by atoms with Crippen molar-refractivity contribution in [2.45, 2.75) is 44.4 Å². The molecule has 0 saturated carbocycles. The number of benzene rings is 1. The summed E-state index contributed by atoms with van der Waals surface area (Å²) in [6, 6.07) is 12.8. The van der Waals surface area contributed by atoms with Gasteiger partial charge in [-0.25, -0.2) is 13.1 Å². The van der Waals surface area contributed by atoms with E-state index in [1.165, 1.54) is 12.0 Å². The van der Waals surface area contributed by atoms with E-state index in [4.69, 9.17) is 0 Å². The van der Waals surface area contributed by atoms with Crippen LogP contribution in [0.3, 0.4) is 0 Å². The van der Waals surface area contributed by atoms with Gasteiger partial charge in [0.15, 0.2) is 5.43 Å². The normalized spacial score (nSPS) is 13.9. The van der Waals surface area contributed by atoms with Crippen molar-refractivity contribution in [2.75, 3.05) is 0 Å². The minimum absolute atomic E-state index is 0.186. The number of fused-ring (bicyclic) bond motifs is 3. The highest BCUT2D eigenvalue weighted by molar-refractivity contribution is 7.88. The van der Waals surface area contributed by atoms with Crippen LogP contribution in [0.4, 0.5) is 0 Å². The fraction of sp³-hybridized carbons (Fsp3) is 0.267. The molecule has 0 amide bonds. The smallest absolute Gasteiger partial charge is 0.216 e. The van der Waals surface area contributed by atoms with Crippen LogP contribution in [0.15, 0.2) is 72.0 Å². The summed E-state index contributed by atoms with van der Waals surface area (Å²) < 4.78 is 30.4. The Morgan fingerprint density at radius 2 is 1.72 bits per heavy atom. The van der Waals surface area contributed by atoms with Crippen LogP contribution in [-0.4, -0.2) is 28.2 Å². The molecule has 0 unspecified atom stereocenters. The number of hydrogen-bond donors (Lipinski definition) is 1. The minimum atomic E-state index is -3.64. The predicted octanol–water partition coefficient (Wildman–Crippen LogP) is 4.43. The monoisotopic (exact) mass is 539 g/mol. The number of aromatic nitrogens is 4. The maximum absolute atomic E-state index is 13.6. The Hall–Kier alpha value is -3.95. The average Bonchev–Trinajstić information content (AvgIpc) is 3.15. The molecule has 0 bridgehead atoms. The van der Waals surface area contributed by atoms with E-state index in [9.17, 15) is 13.2 Å². The van der Waals surface area contributed by atoms with Gasteiger partial charge in [-0.2, -0.15) is 5.10 Å². The van der Waals surface area contributed by atoms with Gasteiger partial charge in [-0.15, -0.1) is 0 Å². The number of aryl methyl sites for hydroxylation is 3. The molecule has 1 aliphatic rings. The largest absolute Gasteiger partial charge is 0.289 e. The summed E-state index contributed by atoms with van der Waals surface area (Å²) in [5, 5.41) is 5.86. The zero-order chi connectivity index (χ0) is 27.0. The second kappa shape index (κ2) is 10.3. The van der Waals surface area contributed by atoms with Gasteiger partial charge in [0.25, 0.3) is 0 Å². The quantitative estimate of drug-likeness (QED) is 0.320. The van der Waals surface area contributed by atoms with Crippen molar-refractivity contribution >= 4 is 31.7 Å². The van der Waals surface area contributed by atoms with Gasteiger partial charge in [0.05, 0.1) is 17.5 Å². The third kappa shape index (κ3) is 5.46. The van der Waals surface area contributed by atoms with E-state index in [2.05, 4.69) is 25.9 Å². The van der Waals surface area contributed by atoms with Crippen LogP contribution in [0, 0.1) is 0 Å². The van der Waals surface area contributed by atoms with Crippen LogP contribution in [0.2, 0.25) is 0 Å². The fourth-order valence-electron chi connectivity index (χ4n) is 5.24. The van der Waals surface area contributed by atoms with Crippen molar-refractivity contribution in [3.63, 3.8) is 0 Å². The number of nitrogens with zero attached hydrogens (tertiary/aromatic N) is 4. The zero-order valence-corrected chi connectivity index (χ0v) is 22.5. The maximum atomic E-state index is 13.6. The van der Waals surface area contributed by atoms with E-state index >= 15 is 0 Å². The van der Waals surface area contributed by atoms with E-state index in [0.717, 1.165) is 53.5 Å². The van der Waals surface area contributed by atoms with Crippen LogP contribution in [0.1, 0.15) is 41.6 Å². The summed E-state index contributed by atoms with van der Waals surface area (Å²) in [5.41, 5.74) is 5.81. The van der Waals surface area contributed by atoms with Gasteiger partial charge in [-0.3, -0.25) is 19.4 Å². The third-order valence-electron chi connectivity index (χ3n) is 7.31. The lowest BCUT2D eigenvalue weighted by molar-refractivity contribution is 0.580. The molecule has 3 aromatic heterocycles. The molecular formula is C30H29N5O3S. The SMILES string of the molecule is Cn1cc(-c2cnc3ccc4ccc(CS(=O)(=O)NCc5cnc6c(c5)CCCCC6)cc4c(=O)c3c2)cn1. The second-order valence-corrected chi connectivity index (χ2v) is 12.0. The molecule has 198 valence electrons. The number of nitrogens with one attached hydrogen (secondary N) is 1. The van der Waals surface area contributed by atoms with Gasteiger partial charge in [0, 0.05) is 59.8 Å². The summed E-state index contributed by atoms with van der Waals surface area (Å²) in [7, 11) is -1.81. The molecule has 3 heterocycles. The molecule has 8 nitrogen and oxygen atoms in total. The lowest BCUT2D eigenvalue weighted by atomic mass is 10.1. The van der Waals surface area contributed by atoms with E-state index < -0.39 is 10.0 Å². The van der Waals surface area contributed by atoms with Crippen molar-refractivity contribution in [3.05, 3.63) is 99.9 Å². The highest BCUT2D eigenvalue weighted by Gasteiger charge is 2.15. The van der Waals surface area contributed by atoms with E-state index in [-0.39, 0.29) is 17.7 Å². The number of pyridine rings is 2. The van der Waals surface area contributed by atoms with Crippen molar-refractivity contribution in [3.8, 4) is 11.1 Å². The lowest BCUT2D eigenvalue weighted by Gasteiger charge is -2.10. The van der Waals surface area contributed by atoms with Gasteiger partial charge in [0.2, 0.25) is 10.0 Å². The summed E-state index contributed by atoms with van der Waals surface area (Å²) in [4.78, 5) is 22.7. The van der Waals surface area contributed by atoms with E-state index in [1.54, 1.807) is 41.5 Å². The Kier molecular flexibility index (Phi) is 6.70. The van der Waals surface area contributed by atoms with Gasteiger partial charge < -0.3 is 0 Å². The predicted molar refractivity (Wildman–Crippen MR) is 153 cm³/mol. The minimum Gasteiger partial charge on any atom is -0.289 e. The first-order valence-electron chi connectivity index (χ1n) is 13.1. The first-order valence-corrected chi connectivity index (χ1v) is 14.8. The van der Waals surface area contributed by atoms with Crippen LogP contribution in [-0.2, 0) is 42.2 Å². The Balaban J connectivity index is 1.27. The molecule has 5 aromatic rings. The van der Waals surface area contributed by atoms with Gasteiger partial charge >= 0.3 is 0 Å². The van der Waals surface area contributed by atoms with Gasteiger partial charge in [0.1, 0.15) is 0 Å². The van der Waals surface area contributed by atoms with Crippen molar-refractivity contribution < 1.29 is 8.42 Å². The van der Waals surface area contributed by atoms with Crippen LogP contribution in [0.25, 0.3) is 32.8 Å². The molecule has 0 spiro atoms. The third-order valence-corrected chi connectivity index (χ3v) is 8.61. The van der Waals surface area contributed by atoms with Crippen molar-refractivity contribution in [1.82, 2.24) is 24.5 Å². The number of sulfonamides is 1. The lowest BCUT2D eigenvalue weighted by Crippen LogP contribution is -2.25. The van der Waals surface area contributed by atoms with Crippen LogP contribution < -0.4 is 10.2 Å². The number of hydrogen-bond acceptors (Lipinski definition) is 6. The highest BCUT2D eigenvalue weighted by Crippen LogP contribution is 2.23. The first-order chi connectivity index (χ1) is 18.8. The zero-order valence-electron chi connectivity index (χ0n) is 21.7. The molecule has 2 aromatic carbocycles. The van der Waals surface area contributed by atoms with Gasteiger partial charge in [-0.05, 0) is 66.0 Å². The summed E-state index contributed by atoms with van der Waals surface area (Å²) >= 11 is 0. The fourth-order valence-corrected chi connectivity index (χ4v) is 6.35. The average molecular weight is 540 g/mol. The molecule has 0 atom stereocenters. The second-order valence-electron chi connectivity index (χ2n) is 10.2. The maximum Gasteiger partial charge on any atom is 0.216 e. The van der Waals surface area contributed by atoms with Crippen LogP contribution in [0.5, 0.6) is 0 Å². The topological polar surface area (TPSA) is 107 Å². The van der Waals surface area contributed by atoms with Crippen molar-refractivity contribution in [2.24, 2.45) is 7.05 Å². The Morgan fingerprint density at radius 3 is 2.56 bits per heavy atom. The molecule has 9 heteroatoms. The molecule has 6 rings (SSSR count). The van der Waals surface area contributed by atoms with E-state index in [1.807, 2.05) is 31.4 Å². The molecule has 0 fully saturated rings. The van der Waals surface area contributed by atoms with Crippen LogP contribution >= 0.6 is 0 Å². The standard InChI is InChI=1S/C30H29N5O3S/c1-35-18-25(17-33-35)24-13-27-29(32-16-24)10-9-22-8-7-20(12-26(22)30(27)36)19-39(37,38)34-15-21-11-23-5-3-2-4-6-28(23)31-14-21/h7-14,16-18,34H,2-6,15,19H2,1H3. The Bertz CT molecular complexity index is 1880. The molecule has 1 aliphatic carbocycles. The molecule has 0 aliphatic heterocycles. The number of rotatable bonds is 6. The first kappa shape index (κ1) is 25.3. The van der Waals surface area contributed by atoms with Crippen molar-refractivity contribution in [1.29, 1.82) is 0 Å². The Labute approximate surface area is 226 Å². The molecule has 0 radical (unpaired) electrons. The summed E-state index contributed by atoms with van der Waals surface area (Å²) in [6.07, 6.45) is 12.6. The molecule has 0 saturated heterocycles. The highest BCUT2D eigenvalue weighted by atomic mass is 32.2. The summed E-state index contributed by atoms with van der Waals surface area (Å²) in [5.74, 6) is -0.226. The molecule has 39 heavy (non-hydrogen) atoms.